The van der Waals surface area contributed by atoms with Gasteiger partial charge in [-0.25, -0.2) is 4.98 Å². The van der Waals surface area contributed by atoms with Crippen LogP contribution in [0.4, 0.5) is 0 Å². The van der Waals surface area contributed by atoms with Crippen LogP contribution in [-0.4, -0.2) is 23.8 Å². The number of para-hydroxylation sites is 1. The molecule has 0 unspecified atom stereocenters. The van der Waals surface area contributed by atoms with Gasteiger partial charge in [0.05, 0.1) is 22.7 Å². The Hall–Kier alpha value is -5.87. The fourth-order valence-electron chi connectivity index (χ4n) is 7.19. The van der Waals surface area contributed by atoms with Crippen LogP contribution in [0.15, 0.2) is 128 Å². The second-order valence-electron chi connectivity index (χ2n) is 12.4. The summed E-state index contributed by atoms with van der Waals surface area (Å²) in [7, 11) is 0. The van der Waals surface area contributed by atoms with E-state index in [9.17, 15) is 0 Å². The standard InChI is InChI=1S/C43H27N5O.Pd/c1-26-27(2)47-41-35(17-11-23-44-41)33-22-20-31(25-37(33)42(47)45-26)49-30-19-21-32-34-16-9-10-18-38(34)48-40(29-14-7-4-8-15-29)39(28-12-5-3-6-13-28)46-43(48)36(32)24-30;/h3-23H,1-2H3;/q-2;+2. The molecule has 0 fully saturated rings. The fourth-order valence-corrected chi connectivity index (χ4v) is 7.19. The average Bonchev–Trinajstić information content (AvgIpc) is 3.71. The average molecular weight is 736 g/mol. The molecular weight excluding hydrogens is 709 g/mol. The molecule has 0 atom stereocenters. The van der Waals surface area contributed by atoms with Crippen molar-refractivity contribution in [2.24, 2.45) is 0 Å². The first kappa shape index (κ1) is 30.2. The van der Waals surface area contributed by atoms with Crippen LogP contribution in [0, 0.1) is 26.0 Å². The van der Waals surface area contributed by atoms with E-state index >= 15 is 0 Å². The van der Waals surface area contributed by atoms with Gasteiger partial charge in [0.1, 0.15) is 5.65 Å². The molecule has 50 heavy (non-hydrogen) atoms. The Morgan fingerprint density at radius 3 is 1.86 bits per heavy atom. The van der Waals surface area contributed by atoms with Crippen molar-refractivity contribution in [3.05, 3.63) is 151 Å². The van der Waals surface area contributed by atoms with Crippen LogP contribution in [0.1, 0.15) is 11.4 Å². The van der Waals surface area contributed by atoms with Crippen molar-refractivity contribution in [2.75, 3.05) is 0 Å². The summed E-state index contributed by atoms with van der Waals surface area (Å²) in [6, 6.07) is 48.7. The van der Waals surface area contributed by atoms with Gasteiger partial charge in [0.25, 0.3) is 0 Å². The second-order valence-corrected chi connectivity index (χ2v) is 12.4. The van der Waals surface area contributed by atoms with Crippen molar-refractivity contribution >= 4 is 54.8 Å². The molecule has 10 aromatic rings. The van der Waals surface area contributed by atoms with E-state index in [-0.39, 0.29) is 20.4 Å². The van der Waals surface area contributed by atoms with Gasteiger partial charge in [0, 0.05) is 40.2 Å². The Bertz CT molecular complexity index is 2930. The largest absolute Gasteiger partial charge is 2.00 e. The van der Waals surface area contributed by atoms with Gasteiger partial charge in [0.2, 0.25) is 0 Å². The first-order valence-corrected chi connectivity index (χ1v) is 16.3. The molecule has 5 aromatic heterocycles. The number of imidazole rings is 2. The number of fused-ring (bicyclic) bond motifs is 12. The van der Waals surface area contributed by atoms with Crippen LogP contribution < -0.4 is 4.74 Å². The van der Waals surface area contributed by atoms with E-state index in [1.165, 1.54) is 0 Å². The maximum atomic E-state index is 6.56. The third-order valence-corrected chi connectivity index (χ3v) is 9.55. The summed E-state index contributed by atoms with van der Waals surface area (Å²) in [5, 5.41) is 6.02. The molecule has 0 saturated heterocycles. The first-order valence-electron chi connectivity index (χ1n) is 16.3. The molecule has 0 aliphatic heterocycles. The Morgan fingerprint density at radius 1 is 0.540 bits per heavy atom. The molecule has 0 spiro atoms. The number of hydrogen-bond acceptors (Lipinski definition) is 4. The summed E-state index contributed by atoms with van der Waals surface area (Å²) in [6.07, 6.45) is 1.82. The van der Waals surface area contributed by atoms with Gasteiger partial charge in [-0.1, -0.05) is 131 Å². The van der Waals surface area contributed by atoms with Crippen molar-refractivity contribution in [3.63, 3.8) is 0 Å². The number of aromatic nitrogens is 5. The Labute approximate surface area is 301 Å². The van der Waals surface area contributed by atoms with Crippen LogP contribution in [0.5, 0.6) is 11.5 Å². The molecule has 0 bridgehead atoms. The van der Waals surface area contributed by atoms with Crippen molar-refractivity contribution in [1.82, 2.24) is 23.8 Å². The monoisotopic (exact) mass is 735 g/mol. The van der Waals surface area contributed by atoms with E-state index in [0.29, 0.717) is 11.5 Å². The first-order chi connectivity index (χ1) is 24.1. The summed E-state index contributed by atoms with van der Waals surface area (Å²) in [4.78, 5) is 15.0. The number of aryl methyl sites for hydroxylation is 2. The molecule has 6 nitrogen and oxygen atoms in total. The van der Waals surface area contributed by atoms with Gasteiger partial charge < -0.3 is 13.5 Å². The number of rotatable bonds is 4. The van der Waals surface area contributed by atoms with Crippen molar-refractivity contribution in [2.45, 2.75) is 13.8 Å². The van der Waals surface area contributed by atoms with Gasteiger partial charge in [-0.3, -0.25) is 9.97 Å². The van der Waals surface area contributed by atoms with Crippen LogP contribution in [0.3, 0.4) is 0 Å². The minimum Gasteiger partial charge on any atom is -0.497 e. The number of ether oxygens (including phenoxy) is 1. The topological polar surface area (TPSA) is 56.7 Å². The smallest absolute Gasteiger partial charge is 0.497 e. The zero-order valence-electron chi connectivity index (χ0n) is 27.1. The Balaban J connectivity index is 0.00000336. The molecule has 0 radical (unpaired) electrons. The van der Waals surface area contributed by atoms with E-state index in [2.05, 4.69) is 119 Å². The van der Waals surface area contributed by atoms with E-state index in [4.69, 9.17) is 19.7 Å². The van der Waals surface area contributed by atoms with Crippen LogP contribution in [-0.2, 0) is 20.4 Å². The van der Waals surface area contributed by atoms with Crippen LogP contribution in [0.25, 0.3) is 77.3 Å². The van der Waals surface area contributed by atoms with Crippen molar-refractivity contribution in [1.29, 1.82) is 0 Å². The third-order valence-electron chi connectivity index (χ3n) is 9.55. The number of hydrogen-bond donors (Lipinski definition) is 0. The molecule has 0 aliphatic carbocycles. The minimum atomic E-state index is 0. The van der Waals surface area contributed by atoms with E-state index in [1.807, 2.05) is 43.5 Å². The van der Waals surface area contributed by atoms with Crippen molar-refractivity contribution in [3.8, 4) is 34.0 Å². The van der Waals surface area contributed by atoms with Gasteiger partial charge in [0.15, 0.2) is 0 Å². The SMILES string of the molecule is Cc1nc2c3[c-]c(Oc4[c-]c5c(cc4)c4ccccc4n4c(-c6ccccc6)c(-c6ccccc6)nc54)ccc3c3cccnc3n2c1C.[Pd+2]. The van der Waals surface area contributed by atoms with Gasteiger partial charge in [-0.15, -0.1) is 12.1 Å². The van der Waals surface area contributed by atoms with Crippen LogP contribution >= 0.6 is 0 Å². The normalized spacial score (nSPS) is 11.6. The molecule has 10 rings (SSSR count). The Kier molecular flexibility index (Phi) is 7.03. The maximum absolute atomic E-state index is 6.56. The van der Waals surface area contributed by atoms with Gasteiger partial charge in [-0.05, 0) is 42.3 Å². The third kappa shape index (κ3) is 4.48. The zero-order chi connectivity index (χ0) is 32.6. The summed E-state index contributed by atoms with van der Waals surface area (Å²) in [5.74, 6) is 1.17. The molecular formula is C43H27N5OPd. The summed E-state index contributed by atoms with van der Waals surface area (Å²) < 4.78 is 10.9. The van der Waals surface area contributed by atoms with Crippen molar-refractivity contribution < 1.29 is 25.2 Å². The number of pyridine rings is 3. The van der Waals surface area contributed by atoms with E-state index < -0.39 is 0 Å². The zero-order valence-corrected chi connectivity index (χ0v) is 28.6. The van der Waals surface area contributed by atoms with E-state index in [1.54, 1.807) is 0 Å². The molecule has 7 heteroatoms. The Morgan fingerprint density at radius 2 is 1.14 bits per heavy atom. The second kappa shape index (κ2) is 11.6. The molecule has 5 aromatic carbocycles. The molecule has 0 aliphatic rings. The summed E-state index contributed by atoms with van der Waals surface area (Å²) in [6.45, 7) is 4.10. The van der Waals surface area contributed by atoms with Gasteiger partial charge in [-0.2, -0.15) is 0 Å². The molecule has 0 amide bonds. The molecule has 5 heterocycles. The fraction of sp³-hybridized carbons (Fsp3) is 0.0465. The predicted octanol–water partition coefficient (Wildman–Crippen LogP) is 10.3. The predicted molar refractivity (Wildman–Crippen MR) is 196 cm³/mol. The number of benzene rings is 5. The summed E-state index contributed by atoms with van der Waals surface area (Å²) >= 11 is 0. The number of nitrogens with zero attached hydrogens (tertiary/aromatic N) is 5. The quantitative estimate of drug-likeness (QED) is 0.103. The van der Waals surface area contributed by atoms with Crippen LogP contribution in [0.2, 0.25) is 0 Å². The molecule has 0 saturated carbocycles. The summed E-state index contributed by atoms with van der Waals surface area (Å²) in [5.41, 5.74) is 9.73. The molecule has 0 N–H and O–H groups in total. The van der Waals surface area contributed by atoms with E-state index in [0.717, 1.165) is 88.7 Å². The van der Waals surface area contributed by atoms with Gasteiger partial charge >= 0.3 is 20.4 Å². The maximum Gasteiger partial charge on any atom is 2.00 e. The molecule has 240 valence electrons. The minimum absolute atomic E-state index is 0.